The maximum Gasteiger partial charge on any atom is 0.319 e. The van der Waals surface area contributed by atoms with Gasteiger partial charge >= 0.3 is 6.03 Å². The van der Waals surface area contributed by atoms with Gasteiger partial charge in [0.2, 0.25) is 0 Å². The van der Waals surface area contributed by atoms with Crippen LogP contribution in [0, 0.1) is 17.8 Å². The molecule has 0 radical (unpaired) electrons. The first-order valence-corrected chi connectivity index (χ1v) is 10.4. The molecule has 2 aliphatic carbocycles. The summed E-state index contributed by atoms with van der Waals surface area (Å²) in [5.74, 6) is 2.22. The van der Waals surface area contributed by atoms with Crippen LogP contribution < -0.4 is 10.6 Å². The van der Waals surface area contributed by atoms with Gasteiger partial charge in [0.25, 0.3) is 0 Å². The number of urea groups is 1. The van der Waals surface area contributed by atoms with Crippen molar-refractivity contribution in [2.45, 2.75) is 64.2 Å². The lowest BCUT2D eigenvalue weighted by Crippen LogP contribution is -2.39. The summed E-state index contributed by atoms with van der Waals surface area (Å²) in [6, 6.07) is 7.25. The molecule has 0 atom stereocenters. The van der Waals surface area contributed by atoms with E-state index in [1.165, 1.54) is 64.2 Å². The molecule has 0 aromatic heterocycles. The van der Waals surface area contributed by atoms with Crippen molar-refractivity contribution < 1.29 is 4.79 Å². The second kappa shape index (κ2) is 9.47. The number of halogens is 1. The van der Waals surface area contributed by atoms with Crippen LogP contribution in [-0.2, 0) is 0 Å². The highest BCUT2D eigenvalue weighted by Crippen LogP contribution is 2.39. The third-order valence-electron chi connectivity index (χ3n) is 6.13. The van der Waals surface area contributed by atoms with E-state index in [1.54, 1.807) is 6.07 Å². The normalized spacial score (nSPS) is 19.8. The van der Waals surface area contributed by atoms with E-state index >= 15 is 0 Å². The highest BCUT2D eigenvalue weighted by molar-refractivity contribution is 6.33. The van der Waals surface area contributed by atoms with Crippen molar-refractivity contribution in [1.82, 2.24) is 5.32 Å². The number of nitrogens with one attached hydrogen (secondary N) is 2. The van der Waals surface area contributed by atoms with Gasteiger partial charge in [0.15, 0.2) is 0 Å². The number of hydrogen-bond donors (Lipinski definition) is 2. The third kappa shape index (κ3) is 5.37. The minimum atomic E-state index is -0.135. The molecule has 2 fully saturated rings. The molecular weight excluding hydrogens is 332 g/mol. The minimum Gasteiger partial charge on any atom is -0.338 e. The molecule has 0 aliphatic heterocycles. The van der Waals surface area contributed by atoms with Crippen LogP contribution in [0.15, 0.2) is 24.3 Å². The number of hydrogen-bond acceptors (Lipinski definition) is 1. The molecule has 2 aliphatic rings. The Hall–Kier alpha value is -1.22. The number of rotatable bonds is 5. The van der Waals surface area contributed by atoms with Crippen molar-refractivity contribution in [3.8, 4) is 0 Å². The summed E-state index contributed by atoms with van der Waals surface area (Å²) in [6.45, 7) is 0.797. The first kappa shape index (κ1) is 18.6. The molecule has 25 heavy (non-hydrogen) atoms. The molecule has 0 unspecified atom stereocenters. The van der Waals surface area contributed by atoms with E-state index in [-0.39, 0.29) is 6.03 Å². The van der Waals surface area contributed by atoms with E-state index in [4.69, 9.17) is 11.6 Å². The maximum atomic E-state index is 12.4. The molecule has 1 aromatic rings. The number of amides is 2. The van der Waals surface area contributed by atoms with Gasteiger partial charge in [-0.3, -0.25) is 0 Å². The van der Waals surface area contributed by atoms with Gasteiger partial charge in [-0.2, -0.15) is 0 Å². The summed E-state index contributed by atoms with van der Waals surface area (Å²) in [4.78, 5) is 12.4. The summed E-state index contributed by atoms with van der Waals surface area (Å²) in [6.07, 6.45) is 13.6. The van der Waals surface area contributed by atoms with E-state index in [1.807, 2.05) is 18.2 Å². The molecule has 138 valence electrons. The molecule has 0 heterocycles. The molecule has 2 N–H and O–H groups in total. The van der Waals surface area contributed by atoms with Gasteiger partial charge in [0.05, 0.1) is 10.7 Å². The molecule has 0 spiro atoms. The summed E-state index contributed by atoms with van der Waals surface area (Å²) < 4.78 is 0. The number of para-hydroxylation sites is 1. The lowest BCUT2D eigenvalue weighted by molar-refractivity contribution is 0.142. The van der Waals surface area contributed by atoms with Gasteiger partial charge in [0, 0.05) is 6.54 Å². The minimum absolute atomic E-state index is 0.135. The SMILES string of the molecule is O=C(NCC(C1CCCCC1)C1CCCCC1)Nc1ccccc1Cl. The van der Waals surface area contributed by atoms with E-state index < -0.39 is 0 Å². The van der Waals surface area contributed by atoms with Crippen molar-refractivity contribution in [3.05, 3.63) is 29.3 Å². The first-order chi connectivity index (χ1) is 12.2. The van der Waals surface area contributed by atoms with E-state index in [0.717, 1.165) is 18.4 Å². The van der Waals surface area contributed by atoms with Gasteiger partial charge in [-0.1, -0.05) is 87.9 Å². The average Bonchev–Trinajstić information content (AvgIpc) is 2.66. The van der Waals surface area contributed by atoms with Crippen molar-refractivity contribution in [1.29, 1.82) is 0 Å². The van der Waals surface area contributed by atoms with Crippen LogP contribution in [0.2, 0.25) is 5.02 Å². The van der Waals surface area contributed by atoms with Gasteiger partial charge in [-0.15, -0.1) is 0 Å². The van der Waals surface area contributed by atoms with Crippen molar-refractivity contribution in [3.63, 3.8) is 0 Å². The van der Waals surface area contributed by atoms with E-state index in [2.05, 4.69) is 10.6 Å². The van der Waals surface area contributed by atoms with Crippen molar-refractivity contribution in [2.75, 3.05) is 11.9 Å². The van der Waals surface area contributed by atoms with Crippen LogP contribution in [0.5, 0.6) is 0 Å². The zero-order valence-electron chi connectivity index (χ0n) is 15.1. The fourth-order valence-electron chi connectivity index (χ4n) is 4.78. The molecule has 3 nitrogen and oxygen atoms in total. The summed E-state index contributed by atoms with van der Waals surface area (Å²) >= 11 is 6.13. The molecule has 0 saturated heterocycles. The van der Waals surface area contributed by atoms with Gasteiger partial charge in [-0.05, 0) is 29.9 Å². The molecule has 2 amide bonds. The predicted molar refractivity (Wildman–Crippen MR) is 105 cm³/mol. The quantitative estimate of drug-likeness (QED) is 0.639. The largest absolute Gasteiger partial charge is 0.338 e. The van der Waals surface area contributed by atoms with Crippen LogP contribution in [0.1, 0.15) is 64.2 Å². The third-order valence-corrected chi connectivity index (χ3v) is 6.46. The number of benzene rings is 1. The number of carbonyl (C=O) groups excluding carboxylic acids is 1. The molecule has 2 saturated carbocycles. The van der Waals surface area contributed by atoms with E-state index in [9.17, 15) is 4.79 Å². The van der Waals surface area contributed by atoms with E-state index in [0.29, 0.717) is 16.6 Å². The van der Waals surface area contributed by atoms with Crippen LogP contribution in [0.4, 0.5) is 10.5 Å². The smallest absolute Gasteiger partial charge is 0.319 e. The molecule has 1 aromatic carbocycles. The molecule has 3 rings (SSSR count). The monoisotopic (exact) mass is 362 g/mol. The van der Waals surface area contributed by atoms with Gasteiger partial charge in [0.1, 0.15) is 0 Å². The number of carbonyl (C=O) groups is 1. The Bertz CT molecular complexity index is 533. The summed E-state index contributed by atoms with van der Waals surface area (Å²) in [7, 11) is 0. The lowest BCUT2D eigenvalue weighted by atomic mass is 9.69. The van der Waals surface area contributed by atoms with Crippen LogP contribution >= 0.6 is 11.6 Å². The molecule has 0 bridgehead atoms. The Morgan fingerprint density at radius 2 is 1.52 bits per heavy atom. The highest BCUT2D eigenvalue weighted by Gasteiger charge is 2.31. The average molecular weight is 363 g/mol. The van der Waals surface area contributed by atoms with Crippen LogP contribution in [0.3, 0.4) is 0 Å². The Morgan fingerprint density at radius 3 is 2.08 bits per heavy atom. The van der Waals surface area contributed by atoms with Crippen LogP contribution in [-0.4, -0.2) is 12.6 Å². The standard InChI is InChI=1S/C21H31ClN2O/c22-19-13-7-8-14-20(19)24-21(25)23-15-18(16-9-3-1-4-10-16)17-11-5-2-6-12-17/h7-8,13-14,16-18H,1-6,9-12,15H2,(H2,23,24,25). The van der Waals surface area contributed by atoms with Crippen molar-refractivity contribution >= 4 is 23.3 Å². The Kier molecular flexibility index (Phi) is 7.03. The number of anilines is 1. The molecule has 4 heteroatoms. The highest BCUT2D eigenvalue weighted by atomic mass is 35.5. The Morgan fingerprint density at radius 1 is 0.960 bits per heavy atom. The summed E-state index contributed by atoms with van der Waals surface area (Å²) in [5.41, 5.74) is 0.675. The molecular formula is C21H31ClN2O. The second-order valence-electron chi connectivity index (χ2n) is 7.77. The van der Waals surface area contributed by atoms with Crippen molar-refractivity contribution in [2.24, 2.45) is 17.8 Å². The van der Waals surface area contributed by atoms with Gasteiger partial charge < -0.3 is 10.6 Å². The second-order valence-corrected chi connectivity index (χ2v) is 8.18. The summed E-state index contributed by atoms with van der Waals surface area (Å²) in [5, 5.41) is 6.61. The predicted octanol–water partition coefficient (Wildman–Crippen LogP) is 6.24. The Labute approximate surface area is 156 Å². The maximum absolute atomic E-state index is 12.4. The topological polar surface area (TPSA) is 41.1 Å². The Balaban J connectivity index is 1.57. The zero-order chi connectivity index (χ0) is 17.5. The van der Waals surface area contributed by atoms with Crippen LogP contribution in [0.25, 0.3) is 0 Å². The lowest BCUT2D eigenvalue weighted by Gasteiger charge is -2.38. The first-order valence-electron chi connectivity index (χ1n) is 10.0. The zero-order valence-corrected chi connectivity index (χ0v) is 15.9. The van der Waals surface area contributed by atoms with Gasteiger partial charge in [-0.25, -0.2) is 4.79 Å². The fourth-order valence-corrected chi connectivity index (χ4v) is 4.97. The fraction of sp³-hybridized carbons (Fsp3) is 0.667.